The molecule has 1 N–H and O–H groups in total. The topological polar surface area (TPSA) is 29.9 Å². The maximum atomic E-state index is 4.47. The van der Waals surface area contributed by atoms with Crippen LogP contribution >= 0.6 is 0 Å². The fourth-order valence-corrected chi connectivity index (χ4v) is 2.24. The van der Waals surface area contributed by atoms with Crippen LogP contribution in [0.15, 0.2) is 6.07 Å². The maximum Gasteiger partial charge on any atom is 0.0596 e. The largest absolute Gasteiger partial charge is 0.314 e. The van der Waals surface area contributed by atoms with Gasteiger partial charge in [0.1, 0.15) is 0 Å². The van der Waals surface area contributed by atoms with E-state index in [9.17, 15) is 0 Å². The van der Waals surface area contributed by atoms with Gasteiger partial charge in [-0.25, -0.2) is 0 Å². The van der Waals surface area contributed by atoms with Crippen LogP contribution in [0.2, 0.25) is 0 Å². The van der Waals surface area contributed by atoms with Gasteiger partial charge in [0, 0.05) is 18.3 Å². The van der Waals surface area contributed by atoms with E-state index in [1.807, 2.05) is 0 Å². The second-order valence-electron chi connectivity index (χ2n) is 4.85. The van der Waals surface area contributed by atoms with E-state index in [-0.39, 0.29) is 0 Å². The van der Waals surface area contributed by atoms with Crippen LogP contribution in [-0.4, -0.2) is 22.4 Å². The number of aromatic nitrogens is 2. The summed E-state index contributed by atoms with van der Waals surface area (Å²) in [5, 5.41) is 8.10. The van der Waals surface area contributed by atoms with Crippen LogP contribution in [0.3, 0.4) is 0 Å². The average molecular weight is 237 g/mol. The lowest BCUT2D eigenvalue weighted by molar-refractivity contribution is 0.441. The Kier molecular flexibility index (Phi) is 6.27. The minimum absolute atomic E-state index is 0.695. The zero-order valence-corrected chi connectivity index (χ0v) is 11.8. The van der Waals surface area contributed by atoms with E-state index < -0.39 is 0 Å². The van der Waals surface area contributed by atoms with Crippen molar-refractivity contribution in [3.05, 3.63) is 17.5 Å². The number of nitrogens with one attached hydrogen (secondary N) is 1. The zero-order valence-electron chi connectivity index (χ0n) is 11.8. The van der Waals surface area contributed by atoms with Crippen LogP contribution in [0.5, 0.6) is 0 Å². The molecule has 1 atom stereocenters. The molecular weight excluding hydrogens is 210 g/mol. The first-order valence-corrected chi connectivity index (χ1v) is 6.91. The summed E-state index contributed by atoms with van der Waals surface area (Å²) in [6.07, 6.45) is 4.94. The highest BCUT2D eigenvalue weighted by Crippen LogP contribution is 2.03. The summed E-state index contributed by atoms with van der Waals surface area (Å²) in [7, 11) is 0. The van der Waals surface area contributed by atoms with E-state index in [1.54, 1.807) is 0 Å². The molecule has 0 spiro atoms. The Labute approximate surface area is 106 Å². The van der Waals surface area contributed by atoms with E-state index in [2.05, 4.69) is 48.9 Å². The van der Waals surface area contributed by atoms with E-state index in [0.717, 1.165) is 25.2 Å². The van der Waals surface area contributed by atoms with Crippen molar-refractivity contribution in [2.24, 2.45) is 0 Å². The minimum atomic E-state index is 0.695. The van der Waals surface area contributed by atoms with Crippen molar-refractivity contribution in [1.29, 1.82) is 0 Å². The van der Waals surface area contributed by atoms with E-state index >= 15 is 0 Å². The fourth-order valence-electron chi connectivity index (χ4n) is 2.24. The van der Waals surface area contributed by atoms with Crippen LogP contribution in [0.25, 0.3) is 0 Å². The van der Waals surface area contributed by atoms with Crippen molar-refractivity contribution in [3.8, 4) is 0 Å². The third kappa shape index (κ3) is 4.90. The van der Waals surface area contributed by atoms with Gasteiger partial charge < -0.3 is 5.32 Å². The first-order valence-electron chi connectivity index (χ1n) is 6.91. The first-order chi connectivity index (χ1) is 8.17. The highest BCUT2D eigenvalue weighted by molar-refractivity contribution is 5.06. The SMILES string of the molecule is CCCC(CC)NCCCn1nc(C)cc1C. The molecule has 0 aromatic carbocycles. The van der Waals surface area contributed by atoms with Crippen molar-refractivity contribution < 1.29 is 0 Å². The van der Waals surface area contributed by atoms with Crippen molar-refractivity contribution in [2.45, 2.75) is 66.0 Å². The Bertz CT molecular complexity index is 317. The van der Waals surface area contributed by atoms with Crippen molar-refractivity contribution >= 4 is 0 Å². The lowest BCUT2D eigenvalue weighted by Crippen LogP contribution is -2.29. The van der Waals surface area contributed by atoms with Crippen molar-refractivity contribution in [3.63, 3.8) is 0 Å². The molecule has 0 radical (unpaired) electrons. The van der Waals surface area contributed by atoms with Gasteiger partial charge in [-0.2, -0.15) is 5.10 Å². The molecular formula is C14H27N3. The van der Waals surface area contributed by atoms with Gasteiger partial charge in [0.25, 0.3) is 0 Å². The van der Waals surface area contributed by atoms with Gasteiger partial charge in [0.05, 0.1) is 5.69 Å². The van der Waals surface area contributed by atoms with Gasteiger partial charge in [-0.3, -0.25) is 4.68 Å². The normalized spacial score (nSPS) is 12.9. The molecule has 1 aromatic heterocycles. The van der Waals surface area contributed by atoms with Crippen LogP contribution in [0, 0.1) is 13.8 Å². The predicted octanol–water partition coefficient (Wildman–Crippen LogP) is 3.06. The van der Waals surface area contributed by atoms with E-state index in [0.29, 0.717) is 6.04 Å². The van der Waals surface area contributed by atoms with E-state index in [4.69, 9.17) is 0 Å². The molecule has 98 valence electrons. The summed E-state index contributed by atoms with van der Waals surface area (Å²) in [4.78, 5) is 0. The summed E-state index contributed by atoms with van der Waals surface area (Å²) < 4.78 is 2.11. The lowest BCUT2D eigenvalue weighted by Gasteiger charge is -2.15. The zero-order chi connectivity index (χ0) is 12.7. The molecule has 0 aliphatic heterocycles. The standard InChI is InChI=1S/C14H27N3/c1-5-8-14(6-2)15-9-7-10-17-13(4)11-12(3)16-17/h11,14-15H,5-10H2,1-4H3. The van der Waals surface area contributed by atoms with Gasteiger partial charge in [0.2, 0.25) is 0 Å². The summed E-state index contributed by atoms with van der Waals surface area (Å²) in [5.41, 5.74) is 2.39. The van der Waals surface area contributed by atoms with Crippen molar-refractivity contribution in [1.82, 2.24) is 15.1 Å². The fraction of sp³-hybridized carbons (Fsp3) is 0.786. The van der Waals surface area contributed by atoms with Crippen LogP contribution in [-0.2, 0) is 6.54 Å². The van der Waals surface area contributed by atoms with Crippen LogP contribution in [0.1, 0.15) is 50.9 Å². The average Bonchev–Trinajstić information content (AvgIpc) is 2.62. The monoisotopic (exact) mass is 237 g/mol. The number of nitrogens with zero attached hydrogens (tertiary/aromatic N) is 2. The summed E-state index contributed by atoms with van der Waals surface area (Å²) in [6, 6.07) is 2.83. The van der Waals surface area contributed by atoms with Gasteiger partial charge in [0.15, 0.2) is 0 Å². The Balaban J connectivity index is 2.21. The molecule has 1 heterocycles. The third-order valence-corrected chi connectivity index (χ3v) is 3.21. The molecule has 1 rings (SSSR count). The van der Waals surface area contributed by atoms with Gasteiger partial charge >= 0.3 is 0 Å². The molecule has 0 aliphatic rings. The Morgan fingerprint density at radius 1 is 1.35 bits per heavy atom. The predicted molar refractivity (Wildman–Crippen MR) is 73.3 cm³/mol. The highest BCUT2D eigenvalue weighted by atomic mass is 15.3. The molecule has 0 bridgehead atoms. The first kappa shape index (κ1) is 14.2. The second-order valence-corrected chi connectivity index (χ2v) is 4.85. The van der Waals surface area contributed by atoms with Gasteiger partial charge in [-0.05, 0) is 45.7 Å². The summed E-state index contributed by atoms with van der Waals surface area (Å²) in [6.45, 7) is 10.8. The molecule has 0 amide bonds. The lowest BCUT2D eigenvalue weighted by atomic mass is 10.1. The third-order valence-electron chi connectivity index (χ3n) is 3.21. The smallest absolute Gasteiger partial charge is 0.0596 e. The minimum Gasteiger partial charge on any atom is -0.314 e. The Hall–Kier alpha value is -0.830. The highest BCUT2D eigenvalue weighted by Gasteiger charge is 2.04. The van der Waals surface area contributed by atoms with Crippen LogP contribution in [0.4, 0.5) is 0 Å². The summed E-state index contributed by atoms with van der Waals surface area (Å²) >= 11 is 0. The van der Waals surface area contributed by atoms with Crippen molar-refractivity contribution in [2.75, 3.05) is 6.54 Å². The van der Waals surface area contributed by atoms with Crippen LogP contribution < -0.4 is 5.32 Å². The van der Waals surface area contributed by atoms with Gasteiger partial charge in [-0.15, -0.1) is 0 Å². The molecule has 1 aromatic rings. The number of hydrogen-bond donors (Lipinski definition) is 1. The Morgan fingerprint density at radius 3 is 2.65 bits per heavy atom. The molecule has 0 saturated carbocycles. The molecule has 3 nitrogen and oxygen atoms in total. The number of aryl methyl sites for hydroxylation is 3. The molecule has 0 saturated heterocycles. The number of rotatable bonds is 8. The molecule has 0 aliphatic carbocycles. The van der Waals surface area contributed by atoms with Gasteiger partial charge in [-0.1, -0.05) is 20.3 Å². The second kappa shape index (κ2) is 7.49. The molecule has 17 heavy (non-hydrogen) atoms. The molecule has 0 fully saturated rings. The molecule has 3 heteroatoms. The Morgan fingerprint density at radius 2 is 2.12 bits per heavy atom. The molecule has 1 unspecified atom stereocenters. The summed E-state index contributed by atoms with van der Waals surface area (Å²) in [5.74, 6) is 0. The quantitative estimate of drug-likeness (QED) is 0.704. The van der Waals surface area contributed by atoms with E-state index in [1.165, 1.54) is 25.0 Å². The maximum absolute atomic E-state index is 4.47. The number of hydrogen-bond acceptors (Lipinski definition) is 2.